The summed E-state index contributed by atoms with van der Waals surface area (Å²) in [6.07, 6.45) is 3.96. The zero-order valence-electron chi connectivity index (χ0n) is 12.7. The molecule has 0 saturated carbocycles. The van der Waals surface area contributed by atoms with Crippen LogP contribution in [0.3, 0.4) is 0 Å². The third-order valence-corrected chi connectivity index (χ3v) is 4.41. The second-order valence-corrected chi connectivity index (χ2v) is 5.78. The molecule has 1 aliphatic heterocycles. The van der Waals surface area contributed by atoms with E-state index >= 15 is 0 Å². The van der Waals surface area contributed by atoms with Crippen LogP contribution in [0.4, 0.5) is 0 Å². The van der Waals surface area contributed by atoms with Crippen molar-refractivity contribution in [1.82, 2.24) is 10.2 Å². The molecule has 19 heavy (non-hydrogen) atoms. The Morgan fingerprint density at radius 2 is 2.16 bits per heavy atom. The van der Waals surface area contributed by atoms with Crippen LogP contribution < -0.4 is 5.32 Å². The highest BCUT2D eigenvalue weighted by molar-refractivity contribution is 5.28. The quantitative estimate of drug-likeness (QED) is 0.842. The molecule has 1 N–H and O–H groups in total. The van der Waals surface area contributed by atoms with E-state index in [1.165, 1.54) is 43.5 Å². The molecule has 2 nitrogen and oxygen atoms in total. The van der Waals surface area contributed by atoms with Gasteiger partial charge in [-0.2, -0.15) is 0 Å². The van der Waals surface area contributed by atoms with Gasteiger partial charge in [0.05, 0.1) is 0 Å². The van der Waals surface area contributed by atoms with Crippen molar-refractivity contribution in [2.24, 2.45) is 0 Å². The van der Waals surface area contributed by atoms with Crippen LogP contribution in [-0.2, 0) is 0 Å². The first-order valence-corrected chi connectivity index (χ1v) is 7.75. The molecule has 1 aliphatic rings. The summed E-state index contributed by atoms with van der Waals surface area (Å²) in [7, 11) is 0. The van der Waals surface area contributed by atoms with Crippen molar-refractivity contribution in [3.05, 3.63) is 35.4 Å². The maximum Gasteiger partial charge on any atom is 0.0334 e. The van der Waals surface area contributed by atoms with Crippen molar-refractivity contribution in [2.45, 2.75) is 52.1 Å². The number of rotatable bonds is 6. The predicted octanol–water partition coefficient (Wildman–Crippen LogP) is 3.52. The van der Waals surface area contributed by atoms with Crippen LogP contribution in [-0.4, -0.2) is 30.6 Å². The molecular formula is C17H28N2. The summed E-state index contributed by atoms with van der Waals surface area (Å²) in [4.78, 5) is 2.64. The van der Waals surface area contributed by atoms with Crippen LogP contribution in [0.5, 0.6) is 0 Å². The number of benzene rings is 1. The van der Waals surface area contributed by atoms with E-state index in [1.807, 2.05) is 0 Å². The van der Waals surface area contributed by atoms with Crippen molar-refractivity contribution in [2.75, 3.05) is 19.6 Å². The number of aryl methyl sites for hydroxylation is 1. The summed E-state index contributed by atoms with van der Waals surface area (Å²) in [5, 5.41) is 3.65. The molecule has 1 aromatic rings. The van der Waals surface area contributed by atoms with E-state index < -0.39 is 0 Å². The third kappa shape index (κ3) is 3.80. The molecule has 0 spiro atoms. The first-order valence-electron chi connectivity index (χ1n) is 7.75. The van der Waals surface area contributed by atoms with Crippen molar-refractivity contribution < 1.29 is 0 Å². The Balaban J connectivity index is 1.98. The van der Waals surface area contributed by atoms with Gasteiger partial charge in [-0.25, -0.2) is 0 Å². The minimum Gasteiger partial charge on any atom is -0.310 e. The molecule has 2 atom stereocenters. The van der Waals surface area contributed by atoms with Gasteiger partial charge in [-0.3, -0.25) is 0 Å². The summed E-state index contributed by atoms with van der Waals surface area (Å²) in [6.45, 7) is 10.3. The lowest BCUT2D eigenvalue weighted by atomic mass is 9.98. The molecule has 2 unspecified atom stereocenters. The zero-order chi connectivity index (χ0) is 13.7. The molecule has 0 bridgehead atoms. The van der Waals surface area contributed by atoms with Gasteiger partial charge in [0.15, 0.2) is 0 Å². The molecule has 2 rings (SSSR count). The fraction of sp³-hybridized carbons (Fsp3) is 0.647. The lowest BCUT2D eigenvalue weighted by Crippen LogP contribution is -2.31. The second kappa shape index (κ2) is 7.06. The molecule has 0 aromatic heterocycles. The number of hydrogen-bond acceptors (Lipinski definition) is 2. The van der Waals surface area contributed by atoms with E-state index in [-0.39, 0.29) is 0 Å². The van der Waals surface area contributed by atoms with Gasteiger partial charge in [0.1, 0.15) is 0 Å². The van der Waals surface area contributed by atoms with Gasteiger partial charge >= 0.3 is 0 Å². The maximum atomic E-state index is 3.65. The molecule has 1 heterocycles. The Morgan fingerprint density at radius 3 is 2.79 bits per heavy atom. The Hall–Kier alpha value is -0.860. The minimum atomic E-state index is 0.499. The topological polar surface area (TPSA) is 15.3 Å². The molecule has 2 heteroatoms. The molecule has 0 amide bonds. The average molecular weight is 260 g/mol. The molecule has 1 fully saturated rings. The standard InChI is InChI=1S/C17H28N2/c1-4-18-17(16-10-6-5-8-14(16)2)11-13-19-12-7-9-15(19)3/h5-6,8,10,15,17-18H,4,7,9,11-13H2,1-3H3. The highest BCUT2D eigenvalue weighted by atomic mass is 15.2. The lowest BCUT2D eigenvalue weighted by molar-refractivity contribution is 0.252. The highest BCUT2D eigenvalue weighted by Crippen LogP contribution is 2.23. The molecule has 106 valence electrons. The van der Waals surface area contributed by atoms with E-state index in [2.05, 4.69) is 55.3 Å². The average Bonchev–Trinajstić information content (AvgIpc) is 2.81. The van der Waals surface area contributed by atoms with Crippen molar-refractivity contribution in [3.63, 3.8) is 0 Å². The number of hydrogen-bond donors (Lipinski definition) is 1. The fourth-order valence-corrected chi connectivity index (χ4v) is 3.21. The minimum absolute atomic E-state index is 0.499. The van der Waals surface area contributed by atoms with E-state index in [9.17, 15) is 0 Å². The summed E-state index contributed by atoms with van der Waals surface area (Å²) in [6, 6.07) is 10.1. The van der Waals surface area contributed by atoms with E-state index in [0.29, 0.717) is 6.04 Å². The lowest BCUT2D eigenvalue weighted by Gasteiger charge is -2.26. The van der Waals surface area contributed by atoms with Gasteiger partial charge < -0.3 is 10.2 Å². The van der Waals surface area contributed by atoms with Crippen LogP contribution in [0.15, 0.2) is 24.3 Å². The first-order chi connectivity index (χ1) is 9.22. The number of nitrogens with one attached hydrogen (secondary N) is 1. The van der Waals surface area contributed by atoms with Crippen LogP contribution in [0.1, 0.15) is 50.3 Å². The highest BCUT2D eigenvalue weighted by Gasteiger charge is 2.21. The number of nitrogens with zero attached hydrogens (tertiary/aromatic N) is 1. The molecule has 0 radical (unpaired) electrons. The van der Waals surface area contributed by atoms with E-state index in [4.69, 9.17) is 0 Å². The first kappa shape index (κ1) is 14.5. The summed E-state index contributed by atoms with van der Waals surface area (Å²) in [5.74, 6) is 0. The van der Waals surface area contributed by atoms with Gasteiger partial charge in [-0.05, 0) is 57.3 Å². The van der Waals surface area contributed by atoms with E-state index in [0.717, 1.165) is 12.6 Å². The van der Waals surface area contributed by atoms with Crippen molar-refractivity contribution in [1.29, 1.82) is 0 Å². The maximum absolute atomic E-state index is 3.65. The molecule has 0 aliphatic carbocycles. The summed E-state index contributed by atoms with van der Waals surface area (Å²) in [5.41, 5.74) is 2.87. The van der Waals surface area contributed by atoms with Crippen molar-refractivity contribution >= 4 is 0 Å². The Morgan fingerprint density at radius 1 is 1.37 bits per heavy atom. The van der Waals surface area contributed by atoms with Gasteiger partial charge in [0.2, 0.25) is 0 Å². The fourth-order valence-electron chi connectivity index (χ4n) is 3.21. The molecular weight excluding hydrogens is 232 g/mol. The third-order valence-electron chi connectivity index (χ3n) is 4.41. The molecule has 1 saturated heterocycles. The second-order valence-electron chi connectivity index (χ2n) is 5.78. The van der Waals surface area contributed by atoms with Gasteiger partial charge in [-0.1, -0.05) is 31.2 Å². The van der Waals surface area contributed by atoms with E-state index in [1.54, 1.807) is 0 Å². The van der Waals surface area contributed by atoms with Gasteiger partial charge in [0, 0.05) is 18.6 Å². The van der Waals surface area contributed by atoms with Crippen molar-refractivity contribution in [3.8, 4) is 0 Å². The summed E-state index contributed by atoms with van der Waals surface area (Å²) >= 11 is 0. The SMILES string of the molecule is CCNC(CCN1CCCC1C)c1ccccc1C. The van der Waals surface area contributed by atoms with Crippen LogP contribution in [0.25, 0.3) is 0 Å². The summed E-state index contributed by atoms with van der Waals surface area (Å²) < 4.78 is 0. The predicted molar refractivity (Wildman–Crippen MR) is 82.5 cm³/mol. The largest absolute Gasteiger partial charge is 0.310 e. The monoisotopic (exact) mass is 260 g/mol. The van der Waals surface area contributed by atoms with Gasteiger partial charge in [0.25, 0.3) is 0 Å². The van der Waals surface area contributed by atoms with Gasteiger partial charge in [-0.15, -0.1) is 0 Å². The van der Waals surface area contributed by atoms with Crippen LogP contribution >= 0.6 is 0 Å². The Labute approximate surface area is 118 Å². The smallest absolute Gasteiger partial charge is 0.0334 e. The number of likely N-dealkylation sites (tertiary alicyclic amines) is 1. The normalized spacial score (nSPS) is 21.7. The van der Waals surface area contributed by atoms with Crippen LogP contribution in [0, 0.1) is 6.92 Å². The Kier molecular flexibility index (Phi) is 5.41. The van der Waals surface area contributed by atoms with Crippen LogP contribution in [0.2, 0.25) is 0 Å². The zero-order valence-corrected chi connectivity index (χ0v) is 12.7. The Bertz CT molecular complexity index is 389. The molecule has 1 aromatic carbocycles.